The van der Waals surface area contributed by atoms with Crippen LogP contribution in [0.25, 0.3) is 10.9 Å². The molecule has 192 valence electrons. The molecule has 1 aliphatic carbocycles. The third-order valence-corrected chi connectivity index (χ3v) is 8.99. The number of carbonyl (C=O) groups is 2. The van der Waals surface area contributed by atoms with Crippen LogP contribution in [0, 0.1) is 5.92 Å². The van der Waals surface area contributed by atoms with Gasteiger partial charge in [-0.2, -0.15) is 0 Å². The molecule has 3 heterocycles. The Morgan fingerprint density at radius 3 is 2.57 bits per heavy atom. The first kappa shape index (κ1) is 24.3. The average molecular weight is 496 g/mol. The largest absolute Gasteiger partial charge is 0.349 e. The molecule has 1 aromatic heterocycles. The van der Waals surface area contributed by atoms with E-state index in [1.807, 2.05) is 30.3 Å². The number of fused-ring (bicyclic) bond motifs is 6. The number of hydrogen-bond acceptors (Lipinski definition) is 4. The van der Waals surface area contributed by atoms with Crippen LogP contribution >= 0.6 is 0 Å². The fourth-order valence-electron chi connectivity index (χ4n) is 7.05. The molecule has 2 aliphatic heterocycles. The Labute approximate surface area is 219 Å². The maximum Gasteiger partial charge on any atom is 0.252 e. The predicted octanol–water partition coefficient (Wildman–Crippen LogP) is 6.79. The minimum Gasteiger partial charge on any atom is -0.349 e. The van der Waals surface area contributed by atoms with Gasteiger partial charge in [-0.25, -0.2) is 0 Å². The van der Waals surface area contributed by atoms with Gasteiger partial charge in [0.1, 0.15) is 0 Å². The van der Waals surface area contributed by atoms with E-state index in [4.69, 9.17) is 0 Å². The lowest BCUT2D eigenvalue weighted by atomic mass is 9.84. The summed E-state index contributed by atoms with van der Waals surface area (Å²) in [5, 5.41) is 4.22. The lowest BCUT2D eigenvalue weighted by Crippen LogP contribution is -2.38. The van der Waals surface area contributed by atoms with Gasteiger partial charge >= 0.3 is 0 Å². The van der Waals surface area contributed by atoms with Crippen molar-refractivity contribution in [1.82, 2.24) is 15.2 Å². The first-order chi connectivity index (χ1) is 18.1. The van der Waals surface area contributed by atoms with Crippen LogP contribution < -0.4 is 5.32 Å². The molecule has 1 saturated heterocycles. The molecule has 5 heteroatoms. The number of pyridine rings is 1. The number of ketones is 1. The van der Waals surface area contributed by atoms with Crippen LogP contribution in [0.4, 0.5) is 0 Å². The first-order valence-corrected chi connectivity index (χ1v) is 14.2. The van der Waals surface area contributed by atoms with Gasteiger partial charge in [-0.1, -0.05) is 31.2 Å². The Morgan fingerprint density at radius 1 is 0.946 bits per heavy atom. The van der Waals surface area contributed by atoms with Gasteiger partial charge in [0.05, 0.1) is 5.52 Å². The van der Waals surface area contributed by atoms with Crippen molar-refractivity contribution in [3.05, 3.63) is 77.0 Å². The quantitative estimate of drug-likeness (QED) is 0.350. The van der Waals surface area contributed by atoms with Gasteiger partial charge in [0.2, 0.25) is 0 Å². The standard InChI is InChI=1S/C32H37N3O2/c1-2-5-31(36)22-11-14-25-27(20-22)30-16-15-29(25)35(30)19-17-21-9-12-23(13-10-21)34-32(37)26-6-3-8-28-24(26)7-4-18-33-28/h3-4,6-8,11,14,18,20-21,23,29-30H,2,5,9-10,12-13,15-17,19H2,1H3,(H,34,37)/t21-,23-,29?,30?. The number of hydrogen-bond donors (Lipinski definition) is 1. The zero-order chi connectivity index (χ0) is 25.4. The van der Waals surface area contributed by atoms with Gasteiger partial charge in [-0.15, -0.1) is 0 Å². The molecule has 3 aliphatic rings. The third-order valence-electron chi connectivity index (χ3n) is 8.99. The highest BCUT2D eigenvalue weighted by molar-refractivity contribution is 6.06. The van der Waals surface area contributed by atoms with Crippen molar-refractivity contribution in [2.75, 3.05) is 6.54 Å². The summed E-state index contributed by atoms with van der Waals surface area (Å²) < 4.78 is 0. The predicted molar refractivity (Wildman–Crippen MR) is 147 cm³/mol. The summed E-state index contributed by atoms with van der Waals surface area (Å²) in [7, 11) is 0. The normalized spacial score (nSPS) is 24.8. The molecule has 6 rings (SSSR count). The van der Waals surface area contributed by atoms with Crippen molar-refractivity contribution in [1.29, 1.82) is 0 Å². The van der Waals surface area contributed by atoms with Crippen LogP contribution in [0.15, 0.2) is 54.7 Å². The second kappa shape index (κ2) is 10.4. The maximum atomic E-state index is 13.0. The Kier molecular flexibility index (Phi) is 6.81. The van der Waals surface area contributed by atoms with Gasteiger partial charge in [-0.3, -0.25) is 19.5 Å². The van der Waals surface area contributed by atoms with Crippen molar-refractivity contribution in [2.45, 2.75) is 82.8 Å². The second-order valence-electron chi connectivity index (χ2n) is 11.2. The number of aromatic nitrogens is 1. The summed E-state index contributed by atoms with van der Waals surface area (Å²) in [6, 6.07) is 17.4. The van der Waals surface area contributed by atoms with Crippen molar-refractivity contribution in [3.8, 4) is 0 Å². The molecular formula is C32H37N3O2. The van der Waals surface area contributed by atoms with Gasteiger partial charge in [0.15, 0.2) is 5.78 Å². The van der Waals surface area contributed by atoms with Crippen molar-refractivity contribution in [3.63, 3.8) is 0 Å². The molecule has 1 N–H and O–H groups in total. The number of Topliss-reactive ketones (excluding diaryl/α,β-unsaturated/α-hetero) is 1. The van der Waals surface area contributed by atoms with Crippen LogP contribution in [0.3, 0.4) is 0 Å². The second-order valence-corrected chi connectivity index (χ2v) is 11.2. The SMILES string of the molecule is CCCC(=O)c1ccc2c(c1)C1CCC2N1CC[C@H]1CC[C@H](NC(=O)c2cccc3ncccc23)CC1. The summed E-state index contributed by atoms with van der Waals surface area (Å²) in [6.45, 7) is 3.20. The van der Waals surface area contributed by atoms with E-state index in [0.29, 0.717) is 18.5 Å². The number of rotatable bonds is 8. The van der Waals surface area contributed by atoms with E-state index in [1.54, 1.807) is 6.20 Å². The molecule has 1 saturated carbocycles. The number of nitrogens with one attached hydrogen (secondary N) is 1. The van der Waals surface area contributed by atoms with Crippen LogP contribution in [0.5, 0.6) is 0 Å². The molecule has 2 fully saturated rings. The highest BCUT2D eigenvalue weighted by atomic mass is 16.1. The molecule has 2 bridgehead atoms. The Bertz CT molecular complexity index is 1310. The monoisotopic (exact) mass is 495 g/mol. The summed E-state index contributed by atoms with van der Waals surface area (Å²) in [4.78, 5) is 32.6. The van der Waals surface area contributed by atoms with Crippen LogP contribution in [0.2, 0.25) is 0 Å². The summed E-state index contributed by atoms with van der Waals surface area (Å²) in [5.74, 6) is 1.02. The molecule has 1 amide bonds. The average Bonchev–Trinajstić information content (AvgIpc) is 3.48. The van der Waals surface area contributed by atoms with Gasteiger partial charge < -0.3 is 5.32 Å². The summed E-state index contributed by atoms with van der Waals surface area (Å²) >= 11 is 0. The highest BCUT2D eigenvalue weighted by Gasteiger charge is 2.43. The minimum atomic E-state index is 0.0187. The topological polar surface area (TPSA) is 62.3 Å². The van der Waals surface area contributed by atoms with E-state index < -0.39 is 0 Å². The highest BCUT2D eigenvalue weighted by Crippen LogP contribution is 2.53. The molecule has 37 heavy (non-hydrogen) atoms. The lowest BCUT2D eigenvalue weighted by Gasteiger charge is -2.31. The number of nitrogens with zero attached hydrogens (tertiary/aromatic N) is 2. The Hall–Kier alpha value is -3.05. The number of amides is 1. The molecule has 2 atom stereocenters. The smallest absolute Gasteiger partial charge is 0.252 e. The summed E-state index contributed by atoms with van der Waals surface area (Å²) in [6.07, 6.45) is 11.4. The molecule has 0 spiro atoms. The molecule has 2 aromatic carbocycles. The molecule has 0 radical (unpaired) electrons. The van der Waals surface area contributed by atoms with Crippen LogP contribution in [-0.4, -0.2) is 34.2 Å². The molecule has 5 nitrogen and oxygen atoms in total. The van der Waals surface area contributed by atoms with Gasteiger partial charge in [0.25, 0.3) is 5.91 Å². The zero-order valence-electron chi connectivity index (χ0n) is 21.8. The third kappa shape index (κ3) is 4.70. The Morgan fingerprint density at radius 2 is 1.76 bits per heavy atom. The van der Waals surface area contributed by atoms with E-state index in [1.165, 1.54) is 43.2 Å². The van der Waals surface area contributed by atoms with Crippen molar-refractivity contribution < 1.29 is 9.59 Å². The van der Waals surface area contributed by atoms with E-state index in [2.05, 4.69) is 40.3 Å². The first-order valence-electron chi connectivity index (χ1n) is 14.2. The fraction of sp³-hybridized carbons (Fsp3) is 0.469. The van der Waals surface area contributed by atoms with Crippen molar-refractivity contribution in [2.24, 2.45) is 5.92 Å². The van der Waals surface area contributed by atoms with E-state index in [0.717, 1.165) is 53.8 Å². The number of carbonyl (C=O) groups excluding carboxylic acids is 2. The fourth-order valence-corrected chi connectivity index (χ4v) is 7.05. The Balaban J connectivity index is 1.02. The molecule has 3 aromatic rings. The van der Waals surface area contributed by atoms with Crippen LogP contribution in [-0.2, 0) is 0 Å². The summed E-state index contributed by atoms with van der Waals surface area (Å²) in [5.41, 5.74) is 5.35. The maximum absolute atomic E-state index is 13.0. The van der Waals surface area contributed by atoms with E-state index in [9.17, 15) is 9.59 Å². The van der Waals surface area contributed by atoms with Crippen molar-refractivity contribution >= 4 is 22.6 Å². The van der Waals surface area contributed by atoms with Gasteiger partial charge in [-0.05, 0) is 99.2 Å². The zero-order valence-corrected chi connectivity index (χ0v) is 21.8. The lowest BCUT2D eigenvalue weighted by molar-refractivity contribution is 0.0919. The molecule has 2 unspecified atom stereocenters. The van der Waals surface area contributed by atoms with E-state index in [-0.39, 0.29) is 17.7 Å². The molecular weight excluding hydrogens is 458 g/mol. The van der Waals surface area contributed by atoms with Gasteiger partial charge in [0, 0.05) is 47.3 Å². The van der Waals surface area contributed by atoms with E-state index >= 15 is 0 Å². The minimum absolute atomic E-state index is 0.0187. The number of benzene rings is 2. The van der Waals surface area contributed by atoms with Crippen LogP contribution in [0.1, 0.15) is 109 Å².